The number of rotatable bonds is 2. The number of nitrogens with zero attached hydrogens (tertiary/aromatic N) is 2. The minimum absolute atomic E-state index is 0.0349. The molecule has 0 aromatic heterocycles. The molecule has 6 nitrogen and oxygen atoms in total. The second-order valence-electron chi connectivity index (χ2n) is 9.43. The Hall–Kier alpha value is -2.53. The summed E-state index contributed by atoms with van der Waals surface area (Å²) in [5.74, 6) is -0.938. The van der Waals surface area contributed by atoms with E-state index in [1.807, 2.05) is 43.2 Å². The van der Waals surface area contributed by atoms with Gasteiger partial charge in [-0.05, 0) is 47.0 Å². The van der Waals surface area contributed by atoms with Crippen molar-refractivity contribution in [2.24, 2.45) is 0 Å². The fraction of sp³-hybridized carbons (Fsp3) is 0.409. The van der Waals surface area contributed by atoms with E-state index in [0.29, 0.717) is 35.0 Å². The first kappa shape index (κ1) is 22.3. The molecule has 0 unspecified atom stereocenters. The zero-order valence-corrected chi connectivity index (χ0v) is 20.4. The number of alkyl halides is 3. The van der Waals surface area contributed by atoms with Crippen molar-refractivity contribution in [3.8, 4) is 5.75 Å². The Balaban J connectivity index is 1.80. The van der Waals surface area contributed by atoms with Crippen LogP contribution in [0.25, 0.3) is 0 Å². The lowest BCUT2D eigenvalue weighted by atomic mass is 9.96. The molecule has 0 saturated carbocycles. The van der Waals surface area contributed by atoms with Crippen LogP contribution in [0.2, 0.25) is 13.1 Å². The molecule has 0 aliphatic carbocycles. The Morgan fingerprint density at radius 2 is 1.58 bits per heavy atom. The Bertz CT molecular complexity index is 1340. The number of hydrogen-bond acceptors (Lipinski definition) is 6. The van der Waals surface area contributed by atoms with Gasteiger partial charge in [0, 0.05) is 49.7 Å². The molecule has 0 spiro atoms. The summed E-state index contributed by atoms with van der Waals surface area (Å²) in [6.45, 7) is 5.37. The van der Waals surface area contributed by atoms with E-state index in [0.717, 1.165) is 29.4 Å². The first-order chi connectivity index (χ1) is 15.2. The summed E-state index contributed by atoms with van der Waals surface area (Å²) >= 11 is 0. The third-order valence-corrected chi connectivity index (χ3v) is 11.6. The van der Waals surface area contributed by atoms with Crippen molar-refractivity contribution in [3.63, 3.8) is 0 Å². The molecule has 5 rings (SSSR count). The number of halogens is 3. The second-order valence-corrected chi connectivity index (χ2v) is 15.3. The average Bonchev–Trinajstić information content (AvgIpc) is 3.27. The van der Waals surface area contributed by atoms with Crippen LogP contribution in [0, 0.1) is 0 Å². The van der Waals surface area contributed by atoms with Gasteiger partial charge in [0.05, 0.1) is 5.56 Å². The number of carbonyl (C=O) groups is 1. The van der Waals surface area contributed by atoms with E-state index >= 15 is 0 Å². The van der Waals surface area contributed by atoms with Crippen molar-refractivity contribution in [3.05, 3.63) is 40.5 Å². The second kappa shape index (κ2) is 6.75. The highest BCUT2D eigenvalue weighted by Gasteiger charge is 2.51. The van der Waals surface area contributed by atoms with E-state index in [-0.39, 0.29) is 5.56 Å². The van der Waals surface area contributed by atoms with Gasteiger partial charge in [-0.25, -0.2) is 0 Å². The van der Waals surface area contributed by atoms with Crippen molar-refractivity contribution in [2.45, 2.75) is 31.4 Å². The van der Waals surface area contributed by atoms with Crippen molar-refractivity contribution in [2.75, 3.05) is 37.0 Å². The first-order valence-corrected chi connectivity index (χ1v) is 15.0. The summed E-state index contributed by atoms with van der Waals surface area (Å²) in [5, 5.41) is 1.50. The number of carbonyl (C=O) groups excluding carboxylic acids is 1. The minimum atomic E-state index is -5.94. The molecule has 0 atom stereocenters. The van der Waals surface area contributed by atoms with Crippen molar-refractivity contribution in [1.82, 2.24) is 0 Å². The summed E-state index contributed by atoms with van der Waals surface area (Å²) < 4.78 is 68.6. The molecule has 0 N–H and O–H groups in total. The maximum atomic E-state index is 13.8. The number of benzene rings is 2. The van der Waals surface area contributed by atoms with Gasteiger partial charge in [-0.3, -0.25) is 4.79 Å². The van der Waals surface area contributed by atoms with Gasteiger partial charge in [0.2, 0.25) is 0 Å². The first-order valence-electron chi connectivity index (χ1n) is 10.6. The summed E-state index contributed by atoms with van der Waals surface area (Å²) in [6, 6.07) is 5.72. The molecule has 0 bridgehead atoms. The van der Waals surface area contributed by atoms with Crippen molar-refractivity contribution in [1.29, 1.82) is 0 Å². The Morgan fingerprint density at radius 1 is 0.970 bits per heavy atom. The number of fused-ring (bicyclic) bond motifs is 4. The van der Waals surface area contributed by atoms with E-state index in [9.17, 15) is 26.4 Å². The van der Waals surface area contributed by atoms with Gasteiger partial charge < -0.3 is 14.0 Å². The predicted octanol–water partition coefficient (Wildman–Crippen LogP) is 2.27. The van der Waals surface area contributed by atoms with Crippen molar-refractivity contribution < 1.29 is 30.6 Å². The minimum Gasteiger partial charge on any atom is -0.375 e. The quantitative estimate of drug-likeness (QED) is 0.361. The van der Waals surface area contributed by atoms with E-state index in [2.05, 4.69) is 4.90 Å². The fourth-order valence-electron chi connectivity index (χ4n) is 5.22. The molecule has 176 valence electrons. The lowest BCUT2D eigenvalue weighted by Crippen LogP contribution is -2.60. The molecule has 0 saturated heterocycles. The van der Waals surface area contributed by atoms with Gasteiger partial charge in [0.1, 0.15) is 8.07 Å². The molecule has 3 aliphatic rings. The molecule has 2 aromatic carbocycles. The number of ketones is 1. The Morgan fingerprint density at radius 3 is 2.24 bits per heavy atom. The molecule has 33 heavy (non-hydrogen) atoms. The van der Waals surface area contributed by atoms with Crippen LogP contribution in [-0.2, 0) is 23.0 Å². The van der Waals surface area contributed by atoms with Crippen LogP contribution < -0.4 is 24.4 Å². The average molecular weight is 497 g/mol. The highest BCUT2D eigenvalue weighted by molar-refractivity contribution is 7.88. The van der Waals surface area contributed by atoms with Gasteiger partial charge in [-0.1, -0.05) is 13.1 Å². The molecule has 0 amide bonds. The van der Waals surface area contributed by atoms with Crippen LogP contribution in [0.15, 0.2) is 18.2 Å². The normalized spacial score (nSPS) is 18.7. The van der Waals surface area contributed by atoms with Crippen LogP contribution >= 0.6 is 0 Å². The smallest absolute Gasteiger partial charge is 0.375 e. The van der Waals surface area contributed by atoms with E-state index in [1.54, 1.807) is 7.05 Å². The largest absolute Gasteiger partial charge is 0.534 e. The number of hydrogen-bond donors (Lipinski definition) is 0. The third-order valence-electron chi connectivity index (χ3n) is 7.11. The molecule has 0 radical (unpaired) electrons. The zero-order valence-electron chi connectivity index (χ0n) is 18.6. The maximum Gasteiger partial charge on any atom is 0.534 e. The predicted molar refractivity (Wildman–Crippen MR) is 123 cm³/mol. The van der Waals surface area contributed by atoms with Gasteiger partial charge in [-0.2, -0.15) is 21.6 Å². The number of anilines is 2. The molecular formula is C22H23F3N2O4SSi. The molecule has 2 aromatic rings. The molecule has 11 heteroatoms. The molecule has 0 fully saturated rings. The molecular weight excluding hydrogens is 473 g/mol. The standard InChI is InChI=1S/C22H23F3N2O4SSi/c1-26-7-5-12-9-14-17(10-15(12)26)33(3,4)18-11-16-13(6-8-27(16)2)21(19(18)20(14)28)31-32(29,30)22(23,24)25/h9-11H,5-8H2,1-4H3. The zero-order chi connectivity index (χ0) is 24.1. The van der Waals surface area contributed by atoms with Gasteiger partial charge in [-0.15, -0.1) is 0 Å². The monoisotopic (exact) mass is 496 g/mol. The molecule has 3 heterocycles. The van der Waals surface area contributed by atoms with Gasteiger partial charge in [0.25, 0.3) is 0 Å². The van der Waals surface area contributed by atoms with Crippen LogP contribution in [-0.4, -0.2) is 55.0 Å². The summed E-state index contributed by atoms with van der Waals surface area (Å²) in [4.78, 5) is 17.7. The summed E-state index contributed by atoms with van der Waals surface area (Å²) in [6.07, 6.45) is 1.06. The topological polar surface area (TPSA) is 66.9 Å². The van der Waals surface area contributed by atoms with Crippen LogP contribution in [0.4, 0.5) is 24.5 Å². The van der Waals surface area contributed by atoms with Gasteiger partial charge >= 0.3 is 15.6 Å². The molecule has 3 aliphatic heterocycles. The fourth-order valence-corrected chi connectivity index (χ4v) is 8.71. The summed E-state index contributed by atoms with van der Waals surface area (Å²) in [7, 11) is -4.77. The summed E-state index contributed by atoms with van der Waals surface area (Å²) in [5.41, 5.74) is -2.20. The highest BCUT2D eigenvalue weighted by atomic mass is 32.2. The highest BCUT2D eigenvalue weighted by Crippen LogP contribution is 2.42. The SMILES string of the molecule is CN1CCc2cc3c(cc21)[Si](C)(C)c1cc2c(c(OS(=O)(=O)C(F)(F)F)c1C3=O)CCN2C. The number of likely N-dealkylation sites (N-methyl/N-ethyl adjacent to an activating group) is 2. The third kappa shape index (κ3) is 3.04. The van der Waals surface area contributed by atoms with E-state index in [1.165, 1.54) is 0 Å². The maximum absolute atomic E-state index is 13.8. The van der Waals surface area contributed by atoms with E-state index in [4.69, 9.17) is 4.18 Å². The Labute approximate surface area is 191 Å². The van der Waals surface area contributed by atoms with Crippen molar-refractivity contribution >= 4 is 45.7 Å². The Kier molecular flexibility index (Phi) is 4.56. The van der Waals surface area contributed by atoms with E-state index < -0.39 is 35.2 Å². The van der Waals surface area contributed by atoms with Crippen LogP contribution in [0.3, 0.4) is 0 Å². The lowest BCUT2D eigenvalue weighted by Gasteiger charge is -2.35. The van der Waals surface area contributed by atoms with Crippen LogP contribution in [0.5, 0.6) is 5.75 Å². The van der Waals surface area contributed by atoms with Gasteiger partial charge in [0.15, 0.2) is 11.5 Å². The lowest BCUT2D eigenvalue weighted by molar-refractivity contribution is -0.0500. The van der Waals surface area contributed by atoms with Crippen LogP contribution in [0.1, 0.15) is 27.0 Å².